The van der Waals surface area contributed by atoms with Crippen LogP contribution in [-0.2, 0) is 10.8 Å². The highest BCUT2D eigenvalue weighted by Crippen LogP contribution is 2.34. The Labute approximate surface area is 181 Å². The van der Waals surface area contributed by atoms with Crippen LogP contribution in [0.3, 0.4) is 0 Å². The monoisotopic (exact) mass is 390 g/mol. The van der Waals surface area contributed by atoms with Crippen LogP contribution in [0.25, 0.3) is 11.1 Å². The van der Waals surface area contributed by atoms with E-state index >= 15 is 0 Å². The maximum Gasteiger partial charge on any atom is 0.0146 e. The lowest BCUT2D eigenvalue weighted by atomic mass is 9.77. The van der Waals surface area contributed by atoms with Crippen molar-refractivity contribution in [1.82, 2.24) is 0 Å². The van der Waals surface area contributed by atoms with Crippen LogP contribution >= 0.6 is 0 Å². The molecule has 0 aliphatic rings. The maximum atomic E-state index is 2.29. The first-order chi connectivity index (χ1) is 14.4. The average Bonchev–Trinajstić information content (AvgIpc) is 2.80. The van der Waals surface area contributed by atoms with E-state index < -0.39 is 0 Å². The van der Waals surface area contributed by atoms with Crippen LogP contribution in [0.15, 0.2) is 109 Å². The summed E-state index contributed by atoms with van der Waals surface area (Å²) in [6, 6.07) is 39.5. The zero-order valence-electron chi connectivity index (χ0n) is 18.4. The molecule has 0 fully saturated rings. The Morgan fingerprint density at radius 2 is 0.600 bits per heavy atom. The summed E-state index contributed by atoms with van der Waals surface area (Å²) in [6.45, 7) is 9.16. The minimum atomic E-state index is -0.0106. The Morgan fingerprint density at radius 3 is 0.900 bits per heavy atom. The van der Waals surface area contributed by atoms with E-state index in [0.717, 1.165) is 0 Å². The summed E-state index contributed by atoms with van der Waals surface area (Å²) in [7, 11) is 0. The molecular weight excluding hydrogens is 360 g/mol. The van der Waals surface area contributed by atoms with Crippen molar-refractivity contribution in [2.75, 3.05) is 0 Å². The lowest BCUT2D eigenvalue weighted by Gasteiger charge is -2.27. The van der Waals surface area contributed by atoms with Crippen molar-refractivity contribution in [1.29, 1.82) is 0 Å². The van der Waals surface area contributed by atoms with Gasteiger partial charge in [0.1, 0.15) is 0 Å². The van der Waals surface area contributed by atoms with Crippen LogP contribution in [-0.4, -0.2) is 0 Å². The zero-order valence-corrected chi connectivity index (χ0v) is 18.4. The summed E-state index contributed by atoms with van der Waals surface area (Å²) >= 11 is 0. The van der Waals surface area contributed by atoms with E-state index in [0.29, 0.717) is 0 Å². The van der Waals surface area contributed by atoms with Crippen molar-refractivity contribution < 1.29 is 0 Å². The molecule has 0 saturated carbocycles. The van der Waals surface area contributed by atoms with Crippen molar-refractivity contribution in [2.24, 2.45) is 0 Å². The maximum absolute atomic E-state index is 2.29. The van der Waals surface area contributed by atoms with Gasteiger partial charge in [-0.15, -0.1) is 0 Å². The first-order valence-corrected chi connectivity index (χ1v) is 10.7. The summed E-state index contributed by atoms with van der Waals surface area (Å²) in [5.74, 6) is 0. The van der Waals surface area contributed by atoms with E-state index in [1.807, 2.05) is 0 Å². The molecule has 0 bridgehead atoms. The van der Waals surface area contributed by atoms with Gasteiger partial charge in [-0.25, -0.2) is 0 Å². The highest BCUT2D eigenvalue weighted by molar-refractivity contribution is 5.65. The number of hydrogen-bond donors (Lipinski definition) is 0. The molecule has 0 atom stereocenters. The zero-order chi connectivity index (χ0) is 21.2. The fourth-order valence-electron chi connectivity index (χ4n) is 4.20. The fraction of sp³-hybridized carbons (Fsp3) is 0.200. The Balaban J connectivity index is 1.58. The largest absolute Gasteiger partial charge is 0.0622 e. The Bertz CT molecular complexity index is 991. The smallest absolute Gasteiger partial charge is 0.0146 e. The van der Waals surface area contributed by atoms with Crippen LogP contribution < -0.4 is 0 Å². The molecule has 0 aliphatic carbocycles. The molecule has 0 heterocycles. The topological polar surface area (TPSA) is 0 Å². The molecule has 4 rings (SSSR count). The lowest BCUT2D eigenvalue weighted by Crippen LogP contribution is -2.18. The molecule has 0 nitrogen and oxygen atoms in total. The quantitative estimate of drug-likeness (QED) is 0.324. The van der Waals surface area contributed by atoms with Gasteiger partial charge in [0, 0.05) is 10.8 Å². The highest BCUT2D eigenvalue weighted by atomic mass is 14.3. The molecule has 0 heteroatoms. The van der Waals surface area contributed by atoms with Crippen molar-refractivity contribution in [3.63, 3.8) is 0 Å². The van der Waals surface area contributed by atoms with Gasteiger partial charge in [0.15, 0.2) is 0 Å². The summed E-state index contributed by atoms with van der Waals surface area (Å²) in [6.07, 6.45) is 0. The van der Waals surface area contributed by atoms with Crippen LogP contribution in [0, 0.1) is 0 Å². The second-order valence-electron chi connectivity index (χ2n) is 9.14. The average molecular weight is 391 g/mol. The van der Waals surface area contributed by atoms with Gasteiger partial charge in [0.05, 0.1) is 0 Å². The summed E-state index contributed by atoms with van der Waals surface area (Å²) in [4.78, 5) is 0. The van der Waals surface area contributed by atoms with Crippen LogP contribution in [0.5, 0.6) is 0 Å². The molecule has 0 spiro atoms. The van der Waals surface area contributed by atoms with Crippen molar-refractivity contribution in [3.05, 3.63) is 131 Å². The molecule has 0 saturated heterocycles. The molecule has 150 valence electrons. The first-order valence-electron chi connectivity index (χ1n) is 10.7. The van der Waals surface area contributed by atoms with Crippen molar-refractivity contribution in [3.8, 4) is 11.1 Å². The van der Waals surface area contributed by atoms with Gasteiger partial charge < -0.3 is 0 Å². The molecule has 30 heavy (non-hydrogen) atoms. The minimum Gasteiger partial charge on any atom is -0.0622 e. The molecule has 0 radical (unpaired) electrons. The minimum absolute atomic E-state index is 0.0106. The van der Waals surface area contributed by atoms with E-state index in [1.165, 1.54) is 33.4 Å². The Morgan fingerprint density at radius 1 is 0.333 bits per heavy atom. The van der Waals surface area contributed by atoms with Gasteiger partial charge in [0.2, 0.25) is 0 Å². The lowest BCUT2D eigenvalue weighted by molar-refractivity contribution is 0.640. The van der Waals surface area contributed by atoms with E-state index in [4.69, 9.17) is 0 Å². The molecule has 0 N–H and O–H groups in total. The van der Waals surface area contributed by atoms with Gasteiger partial charge in [-0.05, 0) is 33.4 Å². The predicted octanol–water partition coefficient (Wildman–Crippen LogP) is 8.01. The normalized spacial score (nSPS) is 12.0. The van der Waals surface area contributed by atoms with E-state index in [9.17, 15) is 0 Å². The molecular formula is C30H30. The molecule has 0 aliphatic heterocycles. The third kappa shape index (κ3) is 3.83. The van der Waals surface area contributed by atoms with Crippen LogP contribution in [0.2, 0.25) is 0 Å². The number of hydrogen-bond acceptors (Lipinski definition) is 0. The SMILES string of the molecule is CC(C)(c1ccccc1)c1ccc(-c2ccc(C(C)(C)c3ccccc3)cc2)cc1. The van der Waals surface area contributed by atoms with Gasteiger partial charge >= 0.3 is 0 Å². The van der Waals surface area contributed by atoms with Crippen LogP contribution in [0.4, 0.5) is 0 Å². The highest BCUT2D eigenvalue weighted by Gasteiger charge is 2.24. The van der Waals surface area contributed by atoms with Crippen molar-refractivity contribution >= 4 is 0 Å². The molecule has 0 unspecified atom stereocenters. The predicted molar refractivity (Wildman–Crippen MR) is 129 cm³/mol. The van der Waals surface area contributed by atoms with Gasteiger partial charge in [-0.2, -0.15) is 0 Å². The van der Waals surface area contributed by atoms with Crippen LogP contribution in [0.1, 0.15) is 49.9 Å². The van der Waals surface area contributed by atoms with E-state index in [2.05, 4.69) is 137 Å². The third-order valence-electron chi connectivity index (χ3n) is 6.54. The molecule has 0 amide bonds. The van der Waals surface area contributed by atoms with E-state index in [1.54, 1.807) is 0 Å². The standard InChI is InChI=1S/C30H30/c1-29(2,25-11-7-5-8-12-25)27-19-15-23(16-20-27)24-17-21-28(22-18-24)30(3,4)26-13-9-6-10-14-26/h5-22H,1-4H3. The third-order valence-corrected chi connectivity index (χ3v) is 6.54. The Kier molecular flexibility index (Phi) is 5.35. The summed E-state index contributed by atoms with van der Waals surface area (Å²) in [5.41, 5.74) is 7.83. The van der Waals surface area contributed by atoms with Gasteiger partial charge in [-0.1, -0.05) is 137 Å². The van der Waals surface area contributed by atoms with E-state index in [-0.39, 0.29) is 10.8 Å². The number of benzene rings is 4. The van der Waals surface area contributed by atoms with Gasteiger partial charge in [-0.3, -0.25) is 0 Å². The summed E-state index contributed by atoms with van der Waals surface area (Å²) in [5, 5.41) is 0. The second kappa shape index (κ2) is 7.95. The molecule has 4 aromatic rings. The molecule has 4 aromatic carbocycles. The molecule has 0 aromatic heterocycles. The summed E-state index contributed by atoms with van der Waals surface area (Å²) < 4.78 is 0. The van der Waals surface area contributed by atoms with Crippen molar-refractivity contribution in [2.45, 2.75) is 38.5 Å². The Hall–Kier alpha value is -3.12. The second-order valence-corrected chi connectivity index (χ2v) is 9.14. The van der Waals surface area contributed by atoms with Gasteiger partial charge in [0.25, 0.3) is 0 Å². The number of rotatable bonds is 5. The first kappa shape index (κ1) is 20.2. The fourth-order valence-corrected chi connectivity index (χ4v) is 4.20.